The fraction of sp³-hybridized carbons (Fsp3) is 0.550. The molecule has 1 amide bonds. The molecular formula is C20H26ClN3O4. The van der Waals surface area contributed by atoms with Crippen molar-refractivity contribution in [1.82, 2.24) is 4.90 Å². The largest absolute Gasteiger partial charge is 0.339 e. The van der Waals surface area contributed by atoms with Gasteiger partial charge in [0.15, 0.2) is 5.78 Å². The minimum atomic E-state index is -0.561. The number of carbonyl (C=O) groups excluding carboxylic acids is 2. The zero-order chi connectivity index (χ0) is 19.6. The molecule has 8 heteroatoms. The molecule has 152 valence electrons. The Morgan fingerprint density at radius 1 is 1.36 bits per heavy atom. The highest BCUT2D eigenvalue weighted by Gasteiger charge is 2.39. The maximum Gasteiger partial charge on any atom is 0.270 e. The van der Waals surface area contributed by atoms with E-state index in [1.54, 1.807) is 6.07 Å². The number of halogens is 1. The summed E-state index contributed by atoms with van der Waals surface area (Å²) in [7, 11) is 0. The van der Waals surface area contributed by atoms with E-state index in [9.17, 15) is 19.7 Å². The standard InChI is InChI=1S/C20H25N3O4.ClH/c1-2-5-13(21)10-14-6-3-4-9-22(14)20(25)18-12-19(24)17-11-15(23(26)27)7-8-16(17)18;/h7-8,11,14,18,21H,2-6,9-10,12H2,1H3;1H. The van der Waals surface area contributed by atoms with Crippen LogP contribution < -0.4 is 0 Å². The lowest BCUT2D eigenvalue weighted by molar-refractivity contribution is -0.384. The van der Waals surface area contributed by atoms with Crippen molar-refractivity contribution in [1.29, 1.82) is 5.41 Å². The molecule has 0 radical (unpaired) electrons. The molecule has 1 N–H and O–H groups in total. The average molecular weight is 408 g/mol. The molecule has 28 heavy (non-hydrogen) atoms. The molecule has 1 saturated heterocycles. The van der Waals surface area contributed by atoms with Crippen molar-refractivity contribution in [3.63, 3.8) is 0 Å². The predicted molar refractivity (Wildman–Crippen MR) is 109 cm³/mol. The van der Waals surface area contributed by atoms with Crippen LogP contribution in [0, 0.1) is 15.5 Å². The third-order valence-electron chi connectivity index (χ3n) is 5.56. The Morgan fingerprint density at radius 2 is 2.11 bits per heavy atom. The van der Waals surface area contributed by atoms with Crippen molar-refractivity contribution in [2.75, 3.05) is 6.54 Å². The van der Waals surface area contributed by atoms with Gasteiger partial charge < -0.3 is 10.3 Å². The summed E-state index contributed by atoms with van der Waals surface area (Å²) in [5, 5.41) is 19.1. The highest BCUT2D eigenvalue weighted by molar-refractivity contribution is 6.07. The Kier molecular flexibility index (Phi) is 7.29. The Hall–Kier alpha value is -2.28. The number of benzene rings is 1. The van der Waals surface area contributed by atoms with Crippen LogP contribution in [0.5, 0.6) is 0 Å². The van der Waals surface area contributed by atoms with E-state index in [4.69, 9.17) is 5.41 Å². The van der Waals surface area contributed by atoms with Crippen LogP contribution in [-0.2, 0) is 4.79 Å². The number of fused-ring (bicyclic) bond motifs is 1. The van der Waals surface area contributed by atoms with Crippen molar-refractivity contribution in [2.45, 2.75) is 63.8 Å². The second-order valence-electron chi connectivity index (χ2n) is 7.45. The van der Waals surface area contributed by atoms with Gasteiger partial charge in [-0.1, -0.05) is 19.4 Å². The second-order valence-corrected chi connectivity index (χ2v) is 7.45. The van der Waals surface area contributed by atoms with E-state index in [-0.39, 0.29) is 42.2 Å². The molecule has 2 atom stereocenters. The van der Waals surface area contributed by atoms with Crippen molar-refractivity contribution in [3.05, 3.63) is 39.4 Å². The Bertz CT molecular complexity index is 796. The average Bonchev–Trinajstić information content (AvgIpc) is 2.98. The molecule has 1 fully saturated rings. The zero-order valence-electron chi connectivity index (χ0n) is 16.0. The van der Waals surface area contributed by atoms with E-state index in [0.29, 0.717) is 29.8 Å². The first-order valence-electron chi connectivity index (χ1n) is 9.60. The van der Waals surface area contributed by atoms with E-state index in [0.717, 1.165) is 32.1 Å². The molecule has 7 nitrogen and oxygen atoms in total. The number of nitrogens with zero attached hydrogens (tertiary/aromatic N) is 2. The molecular weight excluding hydrogens is 382 g/mol. The van der Waals surface area contributed by atoms with Crippen LogP contribution in [0.3, 0.4) is 0 Å². The lowest BCUT2D eigenvalue weighted by atomic mass is 9.92. The van der Waals surface area contributed by atoms with Gasteiger partial charge in [0.1, 0.15) is 0 Å². The number of nitro benzene ring substituents is 1. The number of hydrogen-bond donors (Lipinski definition) is 1. The highest BCUT2D eigenvalue weighted by atomic mass is 35.5. The summed E-state index contributed by atoms with van der Waals surface area (Å²) in [5.41, 5.74) is 1.44. The molecule has 0 aromatic heterocycles. The number of nitro groups is 1. The number of carbonyl (C=O) groups is 2. The summed E-state index contributed by atoms with van der Waals surface area (Å²) < 4.78 is 0. The first-order valence-corrected chi connectivity index (χ1v) is 9.60. The fourth-order valence-corrected chi connectivity index (χ4v) is 4.22. The van der Waals surface area contributed by atoms with Gasteiger partial charge in [0, 0.05) is 48.8 Å². The summed E-state index contributed by atoms with van der Waals surface area (Å²) in [6.45, 7) is 2.69. The number of ketones is 1. The highest BCUT2D eigenvalue weighted by Crippen LogP contribution is 2.37. The van der Waals surface area contributed by atoms with Gasteiger partial charge in [0.25, 0.3) is 5.69 Å². The van der Waals surface area contributed by atoms with Gasteiger partial charge in [0.2, 0.25) is 5.91 Å². The predicted octanol–water partition coefficient (Wildman–Crippen LogP) is 4.28. The van der Waals surface area contributed by atoms with Crippen LogP contribution >= 0.6 is 12.4 Å². The smallest absolute Gasteiger partial charge is 0.270 e. The molecule has 1 aliphatic carbocycles. The molecule has 1 heterocycles. The zero-order valence-corrected chi connectivity index (χ0v) is 16.8. The number of hydrogen-bond acceptors (Lipinski definition) is 5. The van der Waals surface area contributed by atoms with Crippen molar-refractivity contribution < 1.29 is 14.5 Å². The molecule has 3 rings (SSSR count). The van der Waals surface area contributed by atoms with E-state index < -0.39 is 10.8 Å². The summed E-state index contributed by atoms with van der Waals surface area (Å²) in [6, 6.07) is 4.22. The van der Waals surface area contributed by atoms with Crippen molar-refractivity contribution >= 4 is 35.5 Å². The second kappa shape index (κ2) is 9.28. The van der Waals surface area contributed by atoms with Crippen molar-refractivity contribution in [2.24, 2.45) is 0 Å². The molecule has 0 bridgehead atoms. The Labute approximate surface area is 170 Å². The van der Waals surface area contributed by atoms with Gasteiger partial charge in [-0.15, -0.1) is 12.4 Å². The molecule has 1 aliphatic heterocycles. The quantitative estimate of drug-likeness (QED) is 0.431. The minimum absolute atomic E-state index is 0. The lowest BCUT2D eigenvalue weighted by Crippen LogP contribution is -2.46. The molecule has 2 aliphatic rings. The molecule has 0 saturated carbocycles. The van der Waals surface area contributed by atoms with Crippen LogP contribution in [0.2, 0.25) is 0 Å². The van der Waals surface area contributed by atoms with Gasteiger partial charge in [-0.3, -0.25) is 19.7 Å². The maximum atomic E-state index is 13.2. The lowest BCUT2D eigenvalue weighted by Gasteiger charge is -2.37. The molecule has 0 spiro atoms. The van der Waals surface area contributed by atoms with Gasteiger partial charge in [-0.2, -0.15) is 0 Å². The van der Waals surface area contributed by atoms with Crippen LogP contribution in [0.1, 0.15) is 73.7 Å². The number of rotatable bonds is 6. The van der Waals surface area contributed by atoms with E-state index in [2.05, 4.69) is 0 Å². The molecule has 1 aromatic rings. The van der Waals surface area contributed by atoms with E-state index in [1.807, 2.05) is 11.8 Å². The van der Waals surface area contributed by atoms with Crippen molar-refractivity contribution in [3.8, 4) is 0 Å². The number of Topliss-reactive ketones (excluding diaryl/α,β-unsaturated/α-hetero) is 1. The Balaban J connectivity index is 0.00000280. The number of nitrogens with one attached hydrogen (secondary N) is 1. The van der Waals surface area contributed by atoms with Gasteiger partial charge in [-0.25, -0.2) is 0 Å². The minimum Gasteiger partial charge on any atom is -0.339 e. The van der Waals surface area contributed by atoms with Gasteiger partial charge in [0.05, 0.1) is 10.8 Å². The Morgan fingerprint density at radius 3 is 2.79 bits per heavy atom. The summed E-state index contributed by atoms with van der Waals surface area (Å²) in [5.74, 6) is -0.849. The summed E-state index contributed by atoms with van der Waals surface area (Å²) in [4.78, 5) is 37.9. The number of piperidine rings is 1. The van der Waals surface area contributed by atoms with Crippen LogP contribution in [-0.4, -0.2) is 39.8 Å². The third kappa shape index (κ3) is 4.41. The van der Waals surface area contributed by atoms with E-state index >= 15 is 0 Å². The third-order valence-corrected chi connectivity index (χ3v) is 5.56. The van der Waals surface area contributed by atoms with E-state index in [1.165, 1.54) is 12.1 Å². The SMILES string of the molecule is CCCC(=N)CC1CCCCN1C(=O)C1CC(=O)c2cc([N+](=O)[O-])ccc21.Cl. The summed E-state index contributed by atoms with van der Waals surface area (Å²) in [6.07, 6.45) is 5.18. The molecule has 1 aromatic carbocycles. The first-order chi connectivity index (χ1) is 12.9. The van der Waals surface area contributed by atoms with Gasteiger partial charge >= 0.3 is 0 Å². The fourth-order valence-electron chi connectivity index (χ4n) is 4.22. The number of non-ortho nitro benzene ring substituents is 1. The normalized spacial score (nSPS) is 21.0. The number of amides is 1. The van der Waals surface area contributed by atoms with Crippen LogP contribution in [0.4, 0.5) is 5.69 Å². The van der Waals surface area contributed by atoms with Crippen LogP contribution in [0.15, 0.2) is 18.2 Å². The molecule has 2 unspecified atom stereocenters. The first kappa shape index (κ1) is 22.0. The monoisotopic (exact) mass is 407 g/mol. The summed E-state index contributed by atoms with van der Waals surface area (Å²) >= 11 is 0. The topological polar surface area (TPSA) is 104 Å². The van der Waals surface area contributed by atoms with Gasteiger partial charge in [-0.05, 0) is 31.2 Å². The van der Waals surface area contributed by atoms with Crippen LogP contribution in [0.25, 0.3) is 0 Å². The number of likely N-dealkylation sites (tertiary alicyclic amines) is 1. The maximum absolute atomic E-state index is 13.2.